The molecule has 6 heteroatoms. The van der Waals surface area contributed by atoms with Gasteiger partial charge in [0.15, 0.2) is 0 Å². The number of nitrogens with one attached hydrogen (secondary N) is 1. The van der Waals surface area contributed by atoms with Crippen molar-refractivity contribution in [3.05, 3.63) is 52.2 Å². The summed E-state index contributed by atoms with van der Waals surface area (Å²) in [7, 11) is 0. The average Bonchev–Trinajstić information content (AvgIpc) is 2.72. The van der Waals surface area contributed by atoms with Gasteiger partial charge in [0.05, 0.1) is 22.7 Å². The van der Waals surface area contributed by atoms with Gasteiger partial charge in [-0.3, -0.25) is 20.1 Å². The van der Waals surface area contributed by atoms with E-state index < -0.39 is 0 Å². The summed E-state index contributed by atoms with van der Waals surface area (Å²) in [5.41, 5.74) is 2.21. The molecular weight excluding hydrogens is 268 g/mol. The second-order valence-electron chi connectivity index (χ2n) is 5.18. The van der Waals surface area contributed by atoms with Crippen LogP contribution in [-0.4, -0.2) is 35.5 Å². The van der Waals surface area contributed by atoms with Crippen molar-refractivity contribution in [2.75, 3.05) is 6.54 Å². The molecule has 1 aromatic carbocycles. The first kappa shape index (κ1) is 13.6. The number of hydrogen-bond acceptors (Lipinski definition) is 5. The second kappa shape index (κ2) is 5.97. The lowest BCUT2D eigenvalue weighted by molar-refractivity contribution is -0.384. The fourth-order valence-electron chi connectivity index (χ4n) is 2.58. The van der Waals surface area contributed by atoms with Crippen LogP contribution in [0, 0.1) is 10.1 Å². The Morgan fingerprint density at radius 3 is 2.90 bits per heavy atom. The van der Waals surface area contributed by atoms with Gasteiger partial charge in [-0.1, -0.05) is 12.1 Å². The standard InChI is InChI=1S/C15H16N4O2/c20-19(21)13-3-1-11(2-4-13)9-12-10-17-14-5-7-16-8-6-15(14)18-12/h1-4,6-8,12,14,17H,5,9-10H2. The normalized spacial score (nSPS) is 24.1. The van der Waals surface area contributed by atoms with Gasteiger partial charge in [-0.2, -0.15) is 0 Å². The van der Waals surface area contributed by atoms with E-state index in [1.807, 2.05) is 12.3 Å². The van der Waals surface area contributed by atoms with E-state index in [1.54, 1.807) is 30.5 Å². The molecule has 108 valence electrons. The highest BCUT2D eigenvalue weighted by Gasteiger charge is 2.22. The largest absolute Gasteiger partial charge is 0.306 e. The summed E-state index contributed by atoms with van der Waals surface area (Å²) in [6.07, 6.45) is 7.25. The number of non-ortho nitro benzene ring substituents is 1. The first-order valence-corrected chi connectivity index (χ1v) is 6.95. The van der Waals surface area contributed by atoms with Gasteiger partial charge in [0.25, 0.3) is 5.69 Å². The highest BCUT2D eigenvalue weighted by molar-refractivity contribution is 6.01. The van der Waals surface area contributed by atoms with E-state index in [-0.39, 0.29) is 22.7 Å². The van der Waals surface area contributed by atoms with E-state index in [9.17, 15) is 10.1 Å². The SMILES string of the molecule is O=[N+]([O-])c1ccc(CC2CNC3CC=NC=CC3=N2)cc1. The first-order chi connectivity index (χ1) is 10.2. The molecule has 0 saturated carbocycles. The van der Waals surface area contributed by atoms with Crippen molar-refractivity contribution in [3.63, 3.8) is 0 Å². The fraction of sp³-hybridized carbons (Fsp3) is 0.333. The minimum absolute atomic E-state index is 0.121. The van der Waals surface area contributed by atoms with Crippen molar-refractivity contribution in [2.45, 2.75) is 24.9 Å². The molecule has 0 spiro atoms. The summed E-state index contributed by atoms with van der Waals surface area (Å²) >= 11 is 0. The lowest BCUT2D eigenvalue weighted by atomic mass is 10.0. The van der Waals surface area contributed by atoms with Crippen LogP contribution in [0.1, 0.15) is 12.0 Å². The Kier molecular flexibility index (Phi) is 3.87. The quantitative estimate of drug-likeness (QED) is 0.680. The average molecular weight is 284 g/mol. The number of aliphatic imine (C=N–C) groups is 2. The molecule has 0 bridgehead atoms. The Morgan fingerprint density at radius 2 is 2.14 bits per heavy atom. The Hall–Kier alpha value is -2.34. The van der Waals surface area contributed by atoms with Crippen LogP contribution in [0.2, 0.25) is 0 Å². The molecule has 2 heterocycles. The summed E-state index contributed by atoms with van der Waals surface area (Å²) in [6.45, 7) is 0.812. The molecule has 3 rings (SSSR count). The Bertz CT molecular complexity index is 619. The highest BCUT2D eigenvalue weighted by Crippen LogP contribution is 2.16. The van der Waals surface area contributed by atoms with Gasteiger partial charge in [0.2, 0.25) is 0 Å². The smallest absolute Gasteiger partial charge is 0.269 e. The van der Waals surface area contributed by atoms with E-state index in [2.05, 4.69) is 10.3 Å². The predicted molar refractivity (Wildman–Crippen MR) is 82.1 cm³/mol. The molecule has 0 fully saturated rings. The summed E-state index contributed by atoms with van der Waals surface area (Å²) in [5.74, 6) is 0. The lowest BCUT2D eigenvalue weighted by Crippen LogP contribution is -2.45. The maximum absolute atomic E-state index is 10.6. The third-order valence-electron chi connectivity index (χ3n) is 3.68. The number of fused-ring (bicyclic) bond motifs is 1. The van der Waals surface area contributed by atoms with Crippen LogP contribution in [0.4, 0.5) is 5.69 Å². The molecule has 0 aliphatic carbocycles. The molecule has 1 N–H and O–H groups in total. The molecule has 0 saturated heterocycles. The van der Waals surface area contributed by atoms with Crippen molar-refractivity contribution in [1.82, 2.24) is 5.32 Å². The fourth-order valence-corrected chi connectivity index (χ4v) is 2.58. The highest BCUT2D eigenvalue weighted by atomic mass is 16.6. The van der Waals surface area contributed by atoms with Crippen LogP contribution in [0.15, 0.2) is 46.5 Å². The Morgan fingerprint density at radius 1 is 1.33 bits per heavy atom. The number of benzene rings is 1. The molecule has 21 heavy (non-hydrogen) atoms. The number of nitrogens with zero attached hydrogens (tertiary/aromatic N) is 3. The van der Waals surface area contributed by atoms with E-state index in [1.165, 1.54) is 0 Å². The van der Waals surface area contributed by atoms with E-state index in [4.69, 9.17) is 4.99 Å². The van der Waals surface area contributed by atoms with E-state index in [0.717, 1.165) is 30.7 Å². The van der Waals surface area contributed by atoms with Crippen molar-refractivity contribution < 1.29 is 4.92 Å². The number of rotatable bonds is 3. The van der Waals surface area contributed by atoms with E-state index >= 15 is 0 Å². The van der Waals surface area contributed by atoms with Gasteiger partial charge < -0.3 is 5.32 Å². The molecule has 6 nitrogen and oxygen atoms in total. The molecule has 2 aliphatic rings. The second-order valence-corrected chi connectivity index (χ2v) is 5.18. The third kappa shape index (κ3) is 3.22. The molecular formula is C15H16N4O2. The van der Waals surface area contributed by atoms with Crippen LogP contribution in [0.25, 0.3) is 0 Å². The van der Waals surface area contributed by atoms with Crippen LogP contribution in [0.3, 0.4) is 0 Å². The Balaban J connectivity index is 1.71. The molecule has 2 atom stereocenters. The number of hydrogen-bond donors (Lipinski definition) is 1. The van der Waals surface area contributed by atoms with Gasteiger partial charge in [0, 0.05) is 37.5 Å². The van der Waals surface area contributed by atoms with Crippen molar-refractivity contribution in [3.8, 4) is 0 Å². The van der Waals surface area contributed by atoms with Crippen molar-refractivity contribution in [2.24, 2.45) is 9.98 Å². The maximum atomic E-state index is 10.6. The molecule has 2 aliphatic heterocycles. The van der Waals surface area contributed by atoms with Gasteiger partial charge in [-0.05, 0) is 18.1 Å². The predicted octanol–water partition coefficient (Wildman–Crippen LogP) is 1.91. The Labute approximate surface area is 122 Å². The maximum Gasteiger partial charge on any atom is 0.269 e. The first-order valence-electron chi connectivity index (χ1n) is 6.95. The minimum Gasteiger partial charge on any atom is -0.306 e. The molecule has 0 radical (unpaired) electrons. The van der Waals surface area contributed by atoms with Gasteiger partial charge in [0.1, 0.15) is 0 Å². The van der Waals surface area contributed by atoms with Crippen molar-refractivity contribution >= 4 is 17.6 Å². The molecule has 0 aromatic heterocycles. The van der Waals surface area contributed by atoms with Crippen LogP contribution in [-0.2, 0) is 6.42 Å². The third-order valence-corrected chi connectivity index (χ3v) is 3.68. The van der Waals surface area contributed by atoms with Gasteiger partial charge in [-0.15, -0.1) is 0 Å². The summed E-state index contributed by atoms with van der Waals surface area (Å²) in [5, 5.41) is 14.1. The molecule has 2 unspecified atom stereocenters. The van der Waals surface area contributed by atoms with Crippen LogP contribution >= 0.6 is 0 Å². The summed E-state index contributed by atoms with van der Waals surface area (Å²) in [4.78, 5) is 19.2. The molecule has 0 amide bonds. The lowest BCUT2D eigenvalue weighted by Gasteiger charge is -2.26. The zero-order chi connectivity index (χ0) is 14.7. The van der Waals surface area contributed by atoms with E-state index in [0.29, 0.717) is 0 Å². The molecule has 1 aromatic rings. The monoisotopic (exact) mass is 284 g/mol. The summed E-state index contributed by atoms with van der Waals surface area (Å²) < 4.78 is 0. The zero-order valence-electron chi connectivity index (χ0n) is 11.5. The van der Waals surface area contributed by atoms with Crippen LogP contribution in [0.5, 0.6) is 0 Å². The summed E-state index contributed by atoms with van der Waals surface area (Å²) in [6, 6.07) is 7.09. The van der Waals surface area contributed by atoms with Gasteiger partial charge in [-0.25, -0.2) is 0 Å². The minimum atomic E-state index is -0.382. The van der Waals surface area contributed by atoms with Crippen molar-refractivity contribution in [1.29, 1.82) is 0 Å². The number of nitro groups is 1. The van der Waals surface area contributed by atoms with Crippen LogP contribution < -0.4 is 5.32 Å². The zero-order valence-corrected chi connectivity index (χ0v) is 11.5. The topological polar surface area (TPSA) is 79.9 Å². The van der Waals surface area contributed by atoms with Gasteiger partial charge >= 0.3 is 0 Å². The number of nitro benzene ring substituents is 1.